The van der Waals surface area contributed by atoms with Gasteiger partial charge in [0.15, 0.2) is 0 Å². The van der Waals surface area contributed by atoms with Crippen LogP contribution in [0.4, 0.5) is 4.39 Å². The standard InChI is InChI=1S/C15H17FN2OS/c1-19-13-4-2-3-11(16)15(13)12-9-20-14(18-12)8-17-7-10-5-6-10/h2-4,9-10,17H,5-8H2,1H3. The van der Waals surface area contributed by atoms with Gasteiger partial charge in [-0.15, -0.1) is 11.3 Å². The first-order chi connectivity index (χ1) is 9.78. The molecule has 106 valence electrons. The van der Waals surface area contributed by atoms with Gasteiger partial charge in [0.2, 0.25) is 0 Å². The van der Waals surface area contributed by atoms with Crippen LogP contribution in [0.2, 0.25) is 0 Å². The summed E-state index contributed by atoms with van der Waals surface area (Å²) in [6.07, 6.45) is 2.67. The van der Waals surface area contributed by atoms with Crippen LogP contribution in [-0.2, 0) is 6.54 Å². The molecule has 0 aliphatic heterocycles. The monoisotopic (exact) mass is 292 g/mol. The predicted molar refractivity (Wildman–Crippen MR) is 78.5 cm³/mol. The second-order valence-electron chi connectivity index (χ2n) is 5.02. The molecule has 1 aliphatic rings. The van der Waals surface area contributed by atoms with Crippen molar-refractivity contribution < 1.29 is 9.13 Å². The predicted octanol–water partition coefficient (Wildman–Crippen LogP) is 3.46. The van der Waals surface area contributed by atoms with Crippen LogP contribution in [0.1, 0.15) is 17.8 Å². The van der Waals surface area contributed by atoms with E-state index in [4.69, 9.17) is 4.74 Å². The van der Waals surface area contributed by atoms with Crippen LogP contribution in [-0.4, -0.2) is 18.6 Å². The number of halogens is 1. The Hall–Kier alpha value is -1.46. The van der Waals surface area contributed by atoms with E-state index < -0.39 is 0 Å². The number of hydrogen-bond donors (Lipinski definition) is 1. The van der Waals surface area contributed by atoms with E-state index in [1.165, 1.54) is 18.9 Å². The van der Waals surface area contributed by atoms with Crippen LogP contribution >= 0.6 is 11.3 Å². The molecule has 0 amide bonds. The molecule has 5 heteroatoms. The van der Waals surface area contributed by atoms with Crippen molar-refractivity contribution in [1.82, 2.24) is 10.3 Å². The van der Waals surface area contributed by atoms with Gasteiger partial charge in [-0.25, -0.2) is 9.37 Å². The van der Waals surface area contributed by atoms with Crippen molar-refractivity contribution in [1.29, 1.82) is 0 Å². The Morgan fingerprint density at radius 2 is 2.30 bits per heavy atom. The maximum atomic E-state index is 14.0. The second-order valence-corrected chi connectivity index (χ2v) is 5.96. The zero-order valence-corrected chi connectivity index (χ0v) is 12.2. The summed E-state index contributed by atoms with van der Waals surface area (Å²) < 4.78 is 19.2. The Morgan fingerprint density at radius 1 is 1.45 bits per heavy atom. The highest BCUT2D eigenvalue weighted by molar-refractivity contribution is 7.09. The molecule has 1 saturated carbocycles. The Kier molecular flexibility index (Phi) is 3.98. The third-order valence-electron chi connectivity index (χ3n) is 3.41. The Labute approximate surface area is 121 Å². The summed E-state index contributed by atoms with van der Waals surface area (Å²) in [7, 11) is 1.54. The molecule has 0 unspecified atom stereocenters. The van der Waals surface area contributed by atoms with E-state index in [1.807, 2.05) is 5.38 Å². The molecule has 2 aromatic rings. The lowest BCUT2D eigenvalue weighted by molar-refractivity contribution is 0.413. The van der Waals surface area contributed by atoms with E-state index in [-0.39, 0.29) is 5.82 Å². The summed E-state index contributed by atoms with van der Waals surface area (Å²) in [4.78, 5) is 4.50. The fourth-order valence-electron chi connectivity index (χ4n) is 2.14. The number of nitrogens with zero attached hydrogens (tertiary/aromatic N) is 1. The maximum Gasteiger partial charge on any atom is 0.136 e. The molecular weight excluding hydrogens is 275 g/mol. The summed E-state index contributed by atoms with van der Waals surface area (Å²) in [5, 5.41) is 6.26. The fraction of sp³-hybridized carbons (Fsp3) is 0.400. The van der Waals surface area contributed by atoms with Crippen LogP contribution in [0.3, 0.4) is 0 Å². The van der Waals surface area contributed by atoms with Crippen molar-refractivity contribution in [2.75, 3.05) is 13.7 Å². The quantitative estimate of drug-likeness (QED) is 0.885. The number of thiazole rings is 1. The molecule has 3 nitrogen and oxygen atoms in total. The Morgan fingerprint density at radius 3 is 3.05 bits per heavy atom. The number of rotatable bonds is 6. The highest BCUT2D eigenvalue weighted by Crippen LogP contribution is 2.33. The first-order valence-corrected chi connectivity index (χ1v) is 7.64. The summed E-state index contributed by atoms with van der Waals surface area (Å²) in [6.45, 7) is 1.80. The zero-order valence-electron chi connectivity index (χ0n) is 11.4. The van der Waals surface area contributed by atoms with Gasteiger partial charge in [-0.05, 0) is 37.4 Å². The number of benzene rings is 1. The topological polar surface area (TPSA) is 34.1 Å². The van der Waals surface area contributed by atoms with Crippen LogP contribution in [0, 0.1) is 11.7 Å². The smallest absolute Gasteiger partial charge is 0.136 e. The van der Waals surface area contributed by atoms with E-state index in [9.17, 15) is 4.39 Å². The lowest BCUT2D eigenvalue weighted by Crippen LogP contribution is -2.15. The molecule has 0 radical (unpaired) electrons. The molecular formula is C15H17FN2OS. The molecule has 0 saturated heterocycles. The minimum atomic E-state index is -0.299. The minimum absolute atomic E-state index is 0.299. The van der Waals surface area contributed by atoms with E-state index in [2.05, 4.69) is 10.3 Å². The molecule has 3 rings (SSSR count). The normalized spacial score (nSPS) is 14.5. The first-order valence-electron chi connectivity index (χ1n) is 6.76. The van der Waals surface area contributed by atoms with Crippen LogP contribution in [0.15, 0.2) is 23.6 Å². The van der Waals surface area contributed by atoms with Crippen molar-refractivity contribution in [3.05, 3.63) is 34.4 Å². The average Bonchev–Trinajstić information content (AvgIpc) is 3.16. The molecule has 1 fully saturated rings. The molecule has 0 bridgehead atoms. The van der Waals surface area contributed by atoms with Crippen molar-refractivity contribution in [3.8, 4) is 17.0 Å². The molecule has 1 aromatic heterocycles. The first kappa shape index (κ1) is 13.5. The van der Waals surface area contributed by atoms with Gasteiger partial charge >= 0.3 is 0 Å². The number of methoxy groups -OCH3 is 1. The van der Waals surface area contributed by atoms with E-state index in [1.54, 1.807) is 30.6 Å². The molecule has 1 heterocycles. The Bertz CT molecular complexity index is 595. The van der Waals surface area contributed by atoms with Gasteiger partial charge in [0.1, 0.15) is 16.6 Å². The van der Waals surface area contributed by atoms with E-state index in [0.29, 0.717) is 17.0 Å². The van der Waals surface area contributed by atoms with Gasteiger partial charge in [-0.3, -0.25) is 0 Å². The van der Waals surface area contributed by atoms with E-state index in [0.717, 1.165) is 24.0 Å². The van der Waals surface area contributed by atoms with Crippen molar-refractivity contribution in [2.45, 2.75) is 19.4 Å². The summed E-state index contributed by atoms with van der Waals surface area (Å²) in [5.41, 5.74) is 1.09. The third-order valence-corrected chi connectivity index (χ3v) is 4.26. The number of nitrogens with one attached hydrogen (secondary N) is 1. The van der Waals surface area contributed by atoms with Crippen molar-refractivity contribution in [2.24, 2.45) is 5.92 Å². The maximum absolute atomic E-state index is 14.0. The van der Waals surface area contributed by atoms with Crippen LogP contribution in [0.25, 0.3) is 11.3 Å². The highest BCUT2D eigenvalue weighted by atomic mass is 32.1. The van der Waals surface area contributed by atoms with Crippen molar-refractivity contribution in [3.63, 3.8) is 0 Å². The van der Waals surface area contributed by atoms with Crippen molar-refractivity contribution >= 4 is 11.3 Å². The van der Waals surface area contributed by atoms with Gasteiger partial charge in [0.05, 0.1) is 18.4 Å². The molecule has 1 N–H and O–H groups in total. The summed E-state index contributed by atoms with van der Waals surface area (Å²) in [5.74, 6) is 1.07. The lowest BCUT2D eigenvalue weighted by atomic mass is 10.1. The SMILES string of the molecule is COc1cccc(F)c1-c1csc(CNCC2CC2)n1. The Balaban J connectivity index is 1.75. The van der Waals surface area contributed by atoms with Crippen LogP contribution < -0.4 is 10.1 Å². The second kappa shape index (κ2) is 5.89. The summed E-state index contributed by atoms with van der Waals surface area (Å²) in [6, 6.07) is 4.83. The molecule has 0 spiro atoms. The molecule has 20 heavy (non-hydrogen) atoms. The van der Waals surface area contributed by atoms with Gasteiger partial charge in [-0.1, -0.05) is 6.07 Å². The van der Waals surface area contributed by atoms with Gasteiger partial charge < -0.3 is 10.1 Å². The highest BCUT2D eigenvalue weighted by Gasteiger charge is 2.20. The molecule has 1 aliphatic carbocycles. The van der Waals surface area contributed by atoms with E-state index >= 15 is 0 Å². The number of aromatic nitrogens is 1. The number of hydrogen-bond acceptors (Lipinski definition) is 4. The lowest BCUT2D eigenvalue weighted by Gasteiger charge is -2.06. The average molecular weight is 292 g/mol. The number of ether oxygens (including phenoxy) is 1. The summed E-state index contributed by atoms with van der Waals surface area (Å²) >= 11 is 1.55. The fourth-order valence-corrected chi connectivity index (χ4v) is 2.89. The third kappa shape index (κ3) is 2.99. The molecule has 0 atom stereocenters. The molecule has 1 aromatic carbocycles. The zero-order chi connectivity index (χ0) is 13.9. The van der Waals surface area contributed by atoms with Gasteiger partial charge in [0, 0.05) is 11.9 Å². The van der Waals surface area contributed by atoms with Gasteiger partial charge in [0.25, 0.3) is 0 Å². The largest absolute Gasteiger partial charge is 0.496 e. The van der Waals surface area contributed by atoms with Gasteiger partial charge in [-0.2, -0.15) is 0 Å². The van der Waals surface area contributed by atoms with Crippen LogP contribution in [0.5, 0.6) is 5.75 Å². The minimum Gasteiger partial charge on any atom is -0.496 e.